The van der Waals surface area contributed by atoms with Crippen molar-refractivity contribution in [1.29, 1.82) is 0 Å². The van der Waals surface area contributed by atoms with Crippen molar-refractivity contribution < 1.29 is 9.53 Å². The zero-order valence-corrected chi connectivity index (χ0v) is 8.38. The van der Waals surface area contributed by atoms with E-state index in [1.807, 2.05) is 0 Å². The number of imidazole rings is 1. The van der Waals surface area contributed by atoms with Gasteiger partial charge >= 0.3 is 11.7 Å². The van der Waals surface area contributed by atoms with E-state index in [0.717, 1.165) is 5.56 Å². The smallest absolute Gasteiger partial charge is 0.338 e. The molecule has 0 aliphatic carbocycles. The average molecular weight is 206 g/mol. The number of carbonyl (C=O) groups excluding carboxylic acids is 1. The molecule has 0 saturated carbocycles. The molecule has 2 rings (SSSR count). The highest BCUT2D eigenvalue weighted by Crippen LogP contribution is 2.16. The van der Waals surface area contributed by atoms with Crippen molar-refractivity contribution in [1.82, 2.24) is 9.97 Å². The molecule has 78 valence electrons. The minimum atomic E-state index is -0.406. The van der Waals surface area contributed by atoms with E-state index in [-0.39, 0.29) is 5.69 Å². The van der Waals surface area contributed by atoms with Gasteiger partial charge < -0.3 is 14.7 Å². The second kappa shape index (κ2) is 3.27. The maximum Gasteiger partial charge on any atom is 0.338 e. The SMILES string of the molecule is COC(=O)c1cc2[nH]c(=O)[nH]c2cc1C. The fourth-order valence-corrected chi connectivity index (χ4v) is 1.52. The van der Waals surface area contributed by atoms with Gasteiger partial charge in [0.25, 0.3) is 0 Å². The summed E-state index contributed by atoms with van der Waals surface area (Å²) in [5.74, 6) is -0.406. The summed E-state index contributed by atoms with van der Waals surface area (Å²) >= 11 is 0. The fourth-order valence-electron chi connectivity index (χ4n) is 1.52. The fraction of sp³-hybridized carbons (Fsp3) is 0.200. The van der Waals surface area contributed by atoms with Crippen molar-refractivity contribution in [3.63, 3.8) is 0 Å². The Kier molecular flexibility index (Phi) is 2.07. The number of esters is 1. The number of aromatic amines is 2. The van der Waals surface area contributed by atoms with E-state index in [1.165, 1.54) is 7.11 Å². The van der Waals surface area contributed by atoms with Gasteiger partial charge in [-0.05, 0) is 24.6 Å². The van der Waals surface area contributed by atoms with Crippen LogP contribution in [-0.2, 0) is 4.74 Å². The average Bonchev–Trinajstić information content (AvgIpc) is 2.55. The third kappa shape index (κ3) is 1.52. The summed E-state index contributed by atoms with van der Waals surface area (Å²) in [7, 11) is 1.33. The first-order valence-corrected chi connectivity index (χ1v) is 4.43. The van der Waals surface area contributed by atoms with Crippen molar-refractivity contribution in [3.8, 4) is 0 Å². The second-order valence-corrected chi connectivity index (χ2v) is 3.28. The highest BCUT2D eigenvalue weighted by molar-refractivity contribution is 5.95. The van der Waals surface area contributed by atoms with E-state index in [0.29, 0.717) is 16.6 Å². The largest absolute Gasteiger partial charge is 0.465 e. The third-order valence-electron chi connectivity index (χ3n) is 2.27. The van der Waals surface area contributed by atoms with Crippen LogP contribution in [0.3, 0.4) is 0 Å². The molecule has 1 aromatic heterocycles. The molecule has 0 aliphatic rings. The standard InChI is InChI=1S/C10H10N2O3/c1-5-3-7-8(12-10(14)11-7)4-6(5)9(13)15-2/h3-4H,1-2H3,(H2,11,12,14). The third-order valence-corrected chi connectivity index (χ3v) is 2.27. The number of aryl methyl sites for hydroxylation is 1. The van der Waals surface area contributed by atoms with Crippen LogP contribution in [0.15, 0.2) is 16.9 Å². The number of rotatable bonds is 1. The Bertz CT molecular complexity index is 580. The molecule has 0 atom stereocenters. The van der Waals surface area contributed by atoms with Crippen LogP contribution < -0.4 is 5.69 Å². The molecule has 2 N–H and O–H groups in total. The molecule has 15 heavy (non-hydrogen) atoms. The van der Waals surface area contributed by atoms with Crippen molar-refractivity contribution in [2.75, 3.05) is 7.11 Å². The van der Waals surface area contributed by atoms with Crippen molar-refractivity contribution in [2.45, 2.75) is 6.92 Å². The molecule has 0 fully saturated rings. The Balaban J connectivity index is 2.71. The summed E-state index contributed by atoms with van der Waals surface area (Å²) in [6.07, 6.45) is 0. The van der Waals surface area contributed by atoms with Crippen LogP contribution >= 0.6 is 0 Å². The molecule has 5 heteroatoms. The van der Waals surface area contributed by atoms with Gasteiger partial charge in [0.15, 0.2) is 0 Å². The number of hydrogen-bond acceptors (Lipinski definition) is 3. The molecule has 0 amide bonds. The number of ether oxygens (including phenoxy) is 1. The molecule has 0 radical (unpaired) electrons. The van der Waals surface area contributed by atoms with Gasteiger partial charge in [-0.25, -0.2) is 9.59 Å². The molecular weight excluding hydrogens is 196 g/mol. The van der Waals surface area contributed by atoms with Crippen LogP contribution in [-0.4, -0.2) is 23.0 Å². The Morgan fingerprint density at radius 1 is 1.27 bits per heavy atom. The van der Waals surface area contributed by atoms with Crippen LogP contribution in [0.5, 0.6) is 0 Å². The highest BCUT2D eigenvalue weighted by atomic mass is 16.5. The molecule has 1 aromatic carbocycles. The van der Waals surface area contributed by atoms with Gasteiger partial charge in [0.1, 0.15) is 0 Å². The number of H-pyrrole nitrogens is 2. The van der Waals surface area contributed by atoms with Crippen molar-refractivity contribution in [3.05, 3.63) is 33.7 Å². The van der Waals surface area contributed by atoms with Gasteiger partial charge in [0, 0.05) is 0 Å². The predicted molar refractivity (Wildman–Crippen MR) is 55.0 cm³/mol. The zero-order chi connectivity index (χ0) is 11.0. The minimum absolute atomic E-state index is 0.286. The number of nitrogens with one attached hydrogen (secondary N) is 2. The molecule has 0 spiro atoms. The number of aromatic nitrogens is 2. The minimum Gasteiger partial charge on any atom is -0.465 e. The van der Waals surface area contributed by atoms with E-state index in [4.69, 9.17) is 0 Å². The van der Waals surface area contributed by atoms with E-state index in [9.17, 15) is 9.59 Å². The lowest BCUT2D eigenvalue weighted by molar-refractivity contribution is 0.0600. The zero-order valence-electron chi connectivity index (χ0n) is 8.38. The normalized spacial score (nSPS) is 10.5. The number of hydrogen-bond donors (Lipinski definition) is 2. The number of benzene rings is 1. The molecule has 0 unspecified atom stereocenters. The predicted octanol–water partition coefficient (Wildman–Crippen LogP) is 0.951. The number of fused-ring (bicyclic) bond motifs is 1. The molecule has 0 bridgehead atoms. The van der Waals surface area contributed by atoms with Gasteiger partial charge in [0.2, 0.25) is 0 Å². The van der Waals surface area contributed by atoms with Gasteiger partial charge in [-0.1, -0.05) is 0 Å². The van der Waals surface area contributed by atoms with Crippen molar-refractivity contribution in [2.24, 2.45) is 0 Å². The van der Waals surface area contributed by atoms with Crippen LogP contribution in [0.25, 0.3) is 11.0 Å². The van der Waals surface area contributed by atoms with Crippen LogP contribution in [0.4, 0.5) is 0 Å². The molecular formula is C10H10N2O3. The van der Waals surface area contributed by atoms with E-state index in [2.05, 4.69) is 14.7 Å². The maximum absolute atomic E-state index is 11.4. The molecule has 2 aromatic rings. The quantitative estimate of drug-likeness (QED) is 0.682. The van der Waals surface area contributed by atoms with Gasteiger partial charge in [-0.2, -0.15) is 0 Å². The van der Waals surface area contributed by atoms with Gasteiger partial charge in [-0.15, -0.1) is 0 Å². The molecule has 1 heterocycles. The topological polar surface area (TPSA) is 75.0 Å². The molecule has 5 nitrogen and oxygen atoms in total. The lowest BCUT2D eigenvalue weighted by Crippen LogP contribution is -2.03. The highest BCUT2D eigenvalue weighted by Gasteiger charge is 2.11. The summed E-state index contributed by atoms with van der Waals surface area (Å²) < 4.78 is 4.63. The van der Waals surface area contributed by atoms with Crippen molar-refractivity contribution >= 4 is 17.0 Å². The Morgan fingerprint density at radius 2 is 1.87 bits per heavy atom. The van der Waals surface area contributed by atoms with E-state index in [1.54, 1.807) is 19.1 Å². The first kappa shape index (κ1) is 9.51. The van der Waals surface area contributed by atoms with Crippen LogP contribution in [0, 0.1) is 6.92 Å². The summed E-state index contributed by atoms with van der Waals surface area (Å²) in [5.41, 5.74) is 2.23. The molecule has 0 saturated heterocycles. The van der Waals surface area contributed by atoms with E-state index >= 15 is 0 Å². The lowest BCUT2D eigenvalue weighted by Gasteiger charge is -2.02. The van der Waals surface area contributed by atoms with Crippen LogP contribution in [0.1, 0.15) is 15.9 Å². The summed E-state index contributed by atoms with van der Waals surface area (Å²) in [6, 6.07) is 3.34. The Hall–Kier alpha value is -2.04. The monoisotopic (exact) mass is 206 g/mol. The summed E-state index contributed by atoms with van der Waals surface area (Å²) in [6.45, 7) is 1.79. The van der Waals surface area contributed by atoms with Gasteiger partial charge in [0.05, 0.1) is 23.7 Å². The maximum atomic E-state index is 11.4. The lowest BCUT2D eigenvalue weighted by atomic mass is 10.1. The Labute approximate surface area is 85.1 Å². The Morgan fingerprint density at radius 3 is 2.47 bits per heavy atom. The van der Waals surface area contributed by atoms with E-state index < -0.39 is 5.97 Å². The number of carbonyl (C=O) groups is 1. The van der Waals surface area contributed by atoms with Gasteiger partial charge in [-0.3, -0.25) is 0 Å². The second-order valence-electron chi connectivity index (χ2n) is 3.28. The first-order chi connectivity index (χ1) is 7.11. The number of methoxy groups -OCH3 is 1. The first-order valence-electron chi connectivity index (χ1n) is 4.43. The summed E-state index contributed by atoms with van der Waals surface area (Å²) in [4.78, 5) is 27.6. The molecule has 0 aliphatic heterocycles. The van der Waals surface area contributed by atoms with Crippen LogP contribution in [0.2, 0.25) is 0 Å². The summed E-state index contributed by atoms with van der Waals surface area (Å²) in [5, 5.41) is 0.